The third-order valence-electron chi connectivity index (χ3n) is 3.54. The summed E-state index contributed by atoms with van der Waals surface area (Å²) in [6.07, 6.45) is 1.55. The first kappa shape index (κ1) is 13.4. The Labute approximate surface area is 131 Å². The van der Waals surface area contributed by atoms with Gasteiger partial charge in [-0.2, -0.15) is 4.98 Å². The molecule has 23 heavy (non-hydrogen) atoms. The van der Waals surface area contributed by atoms with E-state index < -0.39 is 0 Å². The molecule has 3 heterocycles. The minimum atomic E-state index is 0.314. The van der Waals surface area contributed by atoms with E-state index in [4.69, 9.17) is 8.94 Å². The van der Waals surface area contributed by atoms with Crippen LogP contribution in [0.5, 0.6) is 0 Å². The third-order valence-corrected chi connectivity index (χ3v) is 3.54. The molecule has 0 spiro atoms. The normalized spacial score (nSPS) is 11.0. The van der Waals surface area contributed by atoms with E-state index in [2.05, 4.69) is 20.5 Å². The van der Waals surface area contributed by atoms with E-state index in [9.17, 15) is 0 Å². The van der Waals surface area contributed by atoms with Crippen molar-refractivity contribution < 1.29 is 8.94 Å². The van der Waals surface area contributed by atoms with Crippen LogP contribution in [0, 0.1) is 13.8 Å². The van der Waals surface area contributed by atoms with Crippen LogP contribution in [0.25, 0.3) is 28.9 Å². The van der Waals surface area contributed by atoms with Gasteiger partial charge >= 0.3 is 0 Å². The lowest BCUT2D eigenvalue weighted by Crippen LogP contribution is -1.99. The van der Waals surface area contributed by atoms with Gasteiger partial charge in [-0.05, 0) is 38.1 Å². The fraction of sp³-hybridized carbons (Fsp3) is 0.125. The Morgan fingerprint density at radius 1 is 1.04 bits per heavy atom. The Balaban J connectivity index is 1.72. The second-order valence-corrected chi connectivity index (χ2v) is 5.17. The van der Waals surface area contributed by atoms with E-state index >= 15 is 0 Å². The second kappa shape index (κ2) is 5.20. The van der Waals surface area contributed by atoms with Crippen LogP contribution in [-0.4, -0.2) is 25.1 Å². The number of hydrogen-bond acceptors (Lipinski definition) is 6. The van der Waals surface area contributed by atoms with Crippen molar-refractivity contribution in [2.45, 2.75) is 13.8 Å². The van der Waals surface area contributed by atoms with E-state index in [0.717, 1.165) is 11.4 Å². The number of aryl methyl sites for hydroxylation is 1. The van der Waals surface area contributed by atoms with Gasteiger partial charge in [0.15, 0.2) is 11.5 Å². The van der Waals surface area contributed by atoms with Crippen LogP contribution in [-0.2, 0) is 0 Å². The maximum atomic E-state index is 5.25. The van der Waals surface area contributed by atoms with Gasteiger partial charge in [-0.25, -0.2) is 4.68 Å². The number of nitrogens with zero attached hydrogens (tertiary/aromatic N) is 5. The van der Waals surface area contributed by atoms with Gasteiger partial charge in [-0.1, -0.05) is 28.1 Å². The van der Waals surface area contributed by atoms with Crippen molar-refractivity contribution in [1.29, 1.82) is 0 Å². The fourth-order valence-corrected chi connectivity index (χ4v) is 2.29. The molecule has 0 radical (unpaired) electrons. The van der Waals surface area contributed by atoms with Crippen LogP contribution in [0.1, 0.15) is 11.3 Å². The van der Waals surface area contributed by atoms with Gasteiger partial charge < -0.3 is 8.94 Å². The Kier molecular flexibility index (Phi) is 3.04. The highest BCUT2D eigenvalue weighted by Gasteiger charge is 2.19. The lowest BCUT2D eigenvalue weighted by molar-refractivity contribution is 0.416. The summed E-state index contributed by atoms with van der Waals surface area (Å²) < 4.78 is 12.2. The highest BCUT2D eigenvalue weighted by molar-refractivity contribution is 5.56. The maximum absolute atomic E-state index is 5.25. The largest absolute Gasteiger partial charge is 0.459 e. The maximum Gasteiger partial charge on any atom is 0.293 e. The minimum Gasteiger partial charge on any atom is -0.459 e. The smallest absolute Gasteiger partial charge is 0.293 e. The predicted molar refractivity (Wildman–Crippen MR) is 81.8 cm³/mol. The fourth-order valence-electron chi connectivity index (χ4n) is 2.29. The SMILES string of the molecule is Cc1ccc(-n2nnc(-c3noc(-c4ccco4)n3)c2C)cc1. The van der Waals surface area contributed by atoms with Crippen molar-refractivity contribution in [3.8, 4) is 28.9 Å². The van der Waals surface area contributed by atoms with Crippen molar-refractivity contribution in [1.82, 2.24) is 25.1 Å². The summed E-state index contributed by atoms with van der Waals surface area (Å²) in [6.45, 7) is 3.96. The first-order chi connectivity index (χ1) is 11.2. The molecule has 0 aliphatic carbocycles. The zero-order chi connectivity index (χ0) is 15.8. The van der Waals surface area contributed by atoms with Crippen molar-refractivity contribution >= 4 is 0 Å². The average Bonchev–Trinajstić information content (AvgIpc) is 3.27. The number of rotatable bonds is 3. The third kappa shape index (κ3) is 2.32. The van der Waals surface area contributed by atoms with Crippen LogP contribution in [0.3, 0.4) is 0 Å². The van der Waals surface area contributed by atoms with Crippen LogP contribution in [0.4, 0.5) is 0 Å². The lowest BCUT2D eigenvalue weighted by Gasteiger charge is -2.03. The van der Waals surface area contributed by atoms with Gasteiger partial charge in [0.25, 0.3) is 5.89 Å². The number of hydrogen-bond donors (Lipinski definition) is 0. The zero-order valence-electron chi connectivity index (χ0n) is 12.6. The van der Waals surface area contributed by atoms with Gasteiger partial charge in [0, 0.05) is 0 Å². The van der Waals surface area contributed by atoms with Crippen LogP contribution in [0.15, 0.2) is 51.6 Å². The molecular weight excluding hydrogens is 294 g/mol. The van der Waals surface area contributed by atoms with Crippen molar-refractivity contribution in [3.05, 3.63) is 53.9 Å². The van der Waals surface area contributed by atoms with Gasteiger partial charge in [0.05, 0.1) is 17.6 Å². The van der Waals surface area contributed by atoms with Crippen molar-refractivity contribution in [3.63, 3.8) is 0 Å². The molecule has 114 valence electrons. The molecule has 0 atom stereocenters. The highest BCUT2D eigenvalue weighted by Crippen LogP contribution is 2.24. The topological polar surface area (TPSA) is 82.8 Å². The molecule has 1 aromatic carbocycles. The van der Waals surface area contributed by atoms with Crippen LogP contribution in [0.2, 0.25) is 0 Å². The molecule has 0 N–H and O–H groups in total. The zero-order valence-corrected chi connectivity index (χ0v) is 12.6. The highest BCUT2D eigenvalue weighted by atomic mass is 16.5. The van der Waals surface area contributed by atoms with Gasteiger partial charge in [-0.3, -0.25) is 0 Å². The van der Waals surface area contributed by atoms with E-state index in [1.807, 2.05) is 38.1 Å². The van der Waals surface area contributed by atoms with Crippen LogP contribution < -0.4 is 0 Å². The molecule has 4 aromatic rings. The van der Waals surface area contributed by atoms with Gasteiger partial charge in [0.1, 0.15) is 0 Å². The molecule has 0 saturated carbocycles. The molecule has 0 amide bonds. The summed E-state index contributed by atoms with van der Waals surface area (Å²) in [5.74, 6) is 1.22. The standard InChI is InChI=1S/C16H13N5O2/c1-10-5-7-12(8-6-10)21-11(2)14(18-20-21)15-17-16(23-19-15)13-4-3-9-22-13/h3-9H,1-2H3. The monoisotopic (exact) mass is 307 g/mol. The summed E-state index contributed by atoms with van der Waals surface area (Å²) in [5, 5.41) is 12.3. The summed E-state index contributed by atoms with van der Waals surface area (Å²) in [4.78, 5) is 4.32. The van der Waals surface area contributed by atoms with E-state index in [1.54, 1.807) is 23.1 Å². The van der Waals surface area contributed by atoms with Gasteiger partial charge in [-0.15, -0.1) is 5.10 Å². The first-order valence-electron chi connectivity index (χ1n) is 7.09. The molecule has 0 unspecified atom stereocenters. The Morgan fingerprint density at radius 3 is 2.61 bits per heavy atom. The van der Waals surface area contributed by atoms with E-state index in [0.29, 0.717) is 23.2 Å². The molecule has 3 aromatic heterocycles. The molecule has 0 aliphatic heterocycles. The summed E-state index contributed by atoms with van der Waals surface area (Å²) >= 11 is 0. The predicted octanol–water partition coefficient (Wildman–Crippen LogP) is 3.19. The second-order valence-electron chi connectivity index (χ2n) is 5.17. The minimum absolute atomic E-state index is 0.314. The van der Waals surface area contributed by atoms with Crippen molar-refractivity contribution in [2.75, 3.05) is 0 Å². The molecule has 0 bridgehead atoms. The van der Waals surface area contributed by atoms with Gasteiger partial charge in [0.2, 0.25) is 5.82 Å². The molecule has 7 nitrogen and oxygen atoms in total. The van der Waals surface area contributed by atoms with Crippen molar-refractivity contribution in [2.24, 2.45) is 0 Å². The first-order valence-corrected chi connectivity index (χ1v) is 7.09. The molecule has 4 rings (SSSR count). The average molecular weight is 307 g/mol. The van der Waals surface area contributed by atoms with E-state index in [1.165, 1.54) is 5.56 Å². The molecule has 7 heteroatoms. The summed E-state index contributed by atoms with van der Waals surface area (Å²) in [5.41, 5.74) is 3.53. The Morgan fingerprint density at radius 2 is 1.87 bits per heavy atom. The number of aromatic nitrogens is 5. The molecule has 0 saturated heterocycles. The van der Waals surface area contributed by atoms with E-state index in [-0.39, 0.29) is 0 Å². The van der Waals surface area contributed by atoms with Crippen LogP contribution >= 0.6 is 0 Å². The molecule has 0 aliphatic rings. The molecule has 0 fully saturated rings. The Hall–Kier alpha value is -3.22. The Bertz CT molecular complexity index is 935. The number of furan rings is 1. The summed E-state index contributed by atoms with van der Waals surface area (Å²) in [7, 11) is 0. The number of benzene rings is 1. The molecular formula is C16H13N5O2. The summed E-state index contributed by atoms with van der Waals surface area (Å²) in [6, 6.07) is 11.6. The quantitative estimate of drug-likeness (QED) is 0.578. The lowest BCUT2D eigenvalue weighted by atomic mass is 10.2.